The lowest BCUT2D eigenvalue weighted by Crippen LogP contribution is -2.36. The van der Waals surface area contributed by atoms with Crippen molar-refractivity contribution in [3.8, 4) is 0 Å². The molecule has 0 spiro atoms. The Balaban J connectivity index is 2.16. The highest BCUT2D eigenvalue weighted by molar-refractivity contribution is 9.11. The molecule has 0 radical (unpaired) electrons. The van der Waals surface area contributed by atoms with E-state index in [2.05, 4.69) is 15.9 Å². The van der Waals surface area contributed by atoms with Crippen LogP contribution in [0.3, 0.4) is 0 Å². The number of halogens is 1. The van der Waals surface area contributed by atoms with Crippen molar-refractivity contribution >= 4 is 37.3 Å². The minimum atomic E-state index is -3.28. The molecule has 3 nitrogen and oxygen atoms in total. The van der Waals surface area contributed by atoms with Crippen LogP contribution in [0.5, 0.6) is 0 Å². The first-order chi connectivity index (χ1) is 8.04. The van der Waals surface area contributed by atoms with Crippen LogP contribution in [0.4, 0.5) is 0 Å². The number of rotatable bonds is 5. The van der Waals surface area contributed by atoms with Crippen molar-refractivity contribution < 1.29 is 8.42 Å². The molecule has 6 heteroatoms. The molecule has 1 aromatic rings. The number of hydrogen-bond donors (Lipinski definition) is 0. The van der Waals surface area contributed by atoms with Crippen molar-refractivity contribution in [2.75, 3.05) is 13.1 Å². The molecule has 0 N–H and O–H groups in total. The molecular formula is C11H16BrNO2S2. The molecule has 1 heterocycles. The number of thiophene rings is 1. The summed E-state index contributed by atoms with van der Waals surface area (Å²) in [6, 6.07) is 3.46. The van der Waals surface area contributed by atoms with E-state index in [4.69, 9.17) is 0 Å². The SMILES string of the molecule is CCN(CC1CCC1)S(=O)(=O)c1ccc(Br)s1. The Bertz CT molecular complexity index is 479. The van der Waals surface area contributed by atoms with Crippen LogP contribution >= 0.6 is 27.3 Å². The largest absolute Gasteiger partial charge is 0.252 e. The second-order valence-corrected chi connectivity index (χ2v) is 8.94. The van der Waals surface area contributed by atoms with E-state index < -0.39 is 10.0 Å². The summed E-state index contributed by atoms with van der Waals surface area (Å²) in [6.45, 7) is 3.13. The Morgan fingerprint density at radius 3 is 2.59 bits per heavy atom. The van der Waals surface area contributed by atoms with Gasteiger partial charge in [-0.15, -0.1) is 11.3 Å². The van der Waals surface area contributed by atoms with Gasteiger partial charge in [0.15, 0.2) is 0 Å². The quantitative estimate of drug-likeness (QED) is 0.826. The predicted molar refractivity (Wildman–Crippen MR) is 73.8 cm³/mol. The molecule has 0 bridgehead atoms. The molecule has 1 fully saturated rings. The highest BCUT2D eigenvalue weighted by Gasteiger charge is 2.29. The molecule has 1 aliphatic carbocycles. The molecule has 0 atom stereocenters. The molecular weight excluding hydrogens is 322 g/mol. The average Bonchev–Trinajstić information content (AvgIpc) is 2.63. The van der Waals surface area contributed by atoms with E-state index in [1.165, 1.54) is 30.6 Å². The third-order valence-corrected chi connectivity index (χ3v) is 7.21. The Labute approximate surface area is 115 Å². The summed E-state index contributed by atoms with van der Waals surface area (Å²) in [6.07, 6.45) is 3.58. The van der Waals surface area contributed by atoms with Crippen LogP contribution in [-0.4, -0.2) is 25.8 Å². The molecule has 1 saturated carbocycles. The number of hydrogen-bond acceptors (Lipinski definition) is 3. The van der Waals surface area contributed by atoms with Gasteiger partial charge in [0.1, 0.15) is 4.21 Å². The summed E-state index contributed by atoms with van der Waals surface area (Å²) >= 11 is 4.59. The van der Waals surface area contributed by atoms with E-state index in [1.54, 1.807) is 16.4 Å². The molecule has 0 aliphatic heterocycles. The van der Waals surface area contributed by atoms with Gasteiger partial charge in [0.25, 0.3) is 10.0 Å². The minimum absolute atomic E-state index is 0.436. The zero-order valence-electron chi connectivity index (χ0n) is 9.73. The first-order valence-corrected chi connectivity index (χ1v) is 8.84. The Kier molecular flexibility index (Phi) is 4.28. The van der Waals surface area contributed by atoms with E-state index in [-0.39, 0.29) is 0 Å². The minimum Gasteiger partial charge on any atom is -0.206 e. The predicted octanol–water partition coefficient (Wildman–Crippen LogP) is 3.32. The van der Waals surface area contributed by atoms with Gasteiger partial charge in [-0.2, -0.15) is 4.31 Å². The lowest BCUT2D eigenvalue weighted by Gasteiger charge is -2.30. The van der Waals surface area contributed by atoms with Crippen molar-refractivity contribution in [2.45, 2.75) is 30.4 Å². The van der Waals surface area contributed by atoms with Gasteiger partial charge < -0.3 is 0 Å². The number of nitrogens with zero attached hydrogens (tertiary/aromatic N) is 1. The Morgan fingerprint density at radius 1 is 1.47 bits per heavy atom. The van der Waals surface area contributed by atoms with E-state index >= 15 is 0 Å². The van der Waals surface area contributed by atoms with E-state index in [1.807, 2.05) is 6.92 Å². The molecule has 0 aromatic carbocycles. The lowest BCUT2D eigenvalue weighted by molar-refractivity contribution is 0.250. The summed E-state index contributed by atoms with van der Waals surface area (Å²) < 4.78 is 27.6. The zero-order valence-corrected chi connectivity index (χ0v) is 12.9. The Morgan fingerprint density at radius 2 is 2.18 bits per heavy atom. The molecule has 1 aromatic heterocycles. The molecule has 0 unspecified atom stereocenters. The molecule has 17 heavy (non-hydrogen) atoms. The number of sulfonamides is 1. The summed E-state index contributed by atoms with van der Waals surface area (Å²) in [5.74, 6) is 0.563. The van der Waals surface area contributed by atoms with Gasteiger partial charge in [0.2, 0.25) is 0 Å². The van der Waals surface area contributed by atoms with Crippen molar-refractivity contribution in [1.29, 1.82) is 0 Å². The second kappa shape index (κ2) is 5.38. The fraction of sp³-hybridized carbons (Fsp3) is 0.636. The van der Waals surface area contributed by atoms with Gasteiger partial charge in [-0.3, -0.25) is 0 Å². The van der Waals surface area contributed by atoms with Crippen molar-refractivity contribution in [2.24, 2.45) is 5.92 Å². The van der Waals surface area contributed by atoms with Gasteiger partial charge in [-0.05, 0) is 46.8 Å². The van der Waals surface area contributed by atoms with Crippen LogP contribution in [-0.2, 0) is 10.0 Å². The van der Waals surface area contributed by atoms with Gasteiger partial charge >= 0.3 is 0 Å². The fourth-order valence-electron chi connectivity index (χ4n) is 1.92. The standard InChI is InChI=1S/C11H16BrNO2S2/c1-2-13(8-9-4-3-5-9)17(14,15)11-7-6-10(12)16-11/h6-7,9H,2-5,8H2,1H3. The first-order valence-electron chi connectivity index (χ1n) is 5.79. The monoisotopic (exact) mass is 337 g/mol. The van der Waals surface area contributed by atoms with Gasteiger partial charge in [0, 0.05) is 13.1 Å². The third kappa shape index (κ3) is 2.92. The summed E-state index contributed by atoms with van der Waals surface area (Å²) in [4.78, 5) is 0. The maximum absolute atomic E-state index is 12.4. The van der Waals surface area contributed by atoms with Crippen LogP contribution < -0.4 is 0 Å². The van der Waals surface area contributed by atoms with E-state index in [9.17, 15) is 8.42 Å². The van der Waals surface area contributed by atoms with E-state index in [0.717, 1.165) is 3.79 Å². The molecule has 2 rings (SSSR count). The fourth-order valence-corrected chi connectivity index (χ4v) is 5.61. The average molecular weight is 338 g/mol. The molecule has 1 aliphatic rings. The molecule has 96 valence electrons. The van der Waals surface area contributed by atoms with Gasteiger partial charge in [0.05, 0.1) is 3.79 Å². The zero-order chi connectivity index (χ0) is 12.5. The normalized spacial score (nSPS) is 17.4. The summed E-state index contributed by atoms with van der Waals surface area (Å²) in [5.41, 5.74) is 0. The van der Waals surface area contributed by atoms with Gasteiger partial charge in [-0.25, -0.2) is 8.42 Å². The van der Waals surface area contributed by atoms with Crippen molar-refractivity contribution in [1.82, 2.24) is 4.31 Å². The first kappa shape index (κ1) is 13.5. The third-order valence-electron chi connectivity index (χ3n) is 3.18. The molecule has 0 amide bonds. The van der Waals surface area contributed by atoms with Crippen LogP contribution in [0.2, 0.25) is 0 Å². The summed E-state index contributed by atoms with van der Waals surface area (Å²) in [7, 11) is -3.28. The lowest BCUT2D eigenvalue weighted by atomic mass is 9.85. The van der Waals surface area contributed by atoms with E-state index in [0.29, 0.717) is 23.2 Å². The van der Waals surface area contributed by atoms with Crippen LogP contribution in [0.25, 0.3) is 0 Å². The topological polar surface area (TPSA) is 37.4 Å². The maximum Gasteiger partial charge on any atom is 0.252 e. The van der Waals surface area contributed by atoms with Crippen LogP contribution in [0, 0.1) is 5.92 Å². The Hall–Kier alpha value is 0.0900. The second-order valence-electron chi connectivity index (χ2n) is 4.31. The summed E-state index contributed by atoms with van der Waals surface area (Å²) in [5, 5.41) is 0. The van der Waals surface area contributed by atoms with Crippen LogP contribution in [0.1, 0.15) is 26.2 Å². The maximum atomic E-state index is 12.4. The highest BCUT2D eigenvalue weighted by Crippen LogP contribution is 2.32. The molecule has 0 saturated heterocycles. The van der Waals surface area contributed by atoms with Gasteiger partial charge in [-0.1, -0.05) is 13.3 Å². The van der Waals surface area contributed by atoms with Crippen molar-refractivity contribution in [3.63, 3.8) is 0 Å². The van der Waals surface area contributed by atoms with Crippen LogP contribution in [0.15, 0.2) is 20.1 Å². The highest BCUT2D eigenvalue weighted by atomic mass is 79.9. The smallest absolute Gasteiger partial charge is 0.206 e. The van der Waals surface area contributed by atoms with Crippen molar-refractivity contribution in [3.05, 3.63) is 15.9 Å².